The number of benzene rings is 4. The first kappa shape index (κ1) is 44.2. The van der Waals surface area contributed by atoms with Gasteiger partial charge in [-0.15, -0.1) is 0 Å². The number of piperazine rings is 1. The molecule has 4 heterocycles. The van der Waals surface area contributed by atoms with Crippen LogP contribution in [0.5, 0.6) is 23.3 Å². The van der Waals surface area contributed by atoms with Crippen molar-refractivity contribution < 1.29 is 41.7 Å². The Labute approximate surface area is 372 Å². The number of amides is 1. The van der Waals surface area contributed by atoms with Crippen LogP contribution in [-0.4, -0.2) is 89.4 Å². The molecule has 6 aromatic rings. The number of methoxy groups -OCH3 is 2. The molecule has 334 valence electrons. The van der Waals surface area contributed by atoms with Crippen LogP contribution in [0.3, 0.4) is 0 Å². The fraction of sp³-hybridized carbons (Fsp3) is 0.319. The maximum absolute atomic E-state index is 17.7. The Bertz CT molecular complexity index is 2660. The van der Waals surface area contributed by atoms with Crippen LogP contribution in [0.25, 0.3) is 22.2 Å². The van der Waals surface area contributed by atoms with Crippen LogP contribution >= 0.6 is 11.6 Å². The van der Waals surface area contributed by atoms with Gasteiger partial charge in [-0.05, 0) is 92.0 Å². The molecule has 0 bridgehead atoms. The Hall–Kier alpha value is -6.39. The van der Waals surface area contributed by atoms with Gasteiger partial charge in [-0.1, -0.05) is 48.0 Å². The second-order valence-electron chi connectivity index (χ2n) is 16.1. The average molecular weight is 900 g/mol. The Kier molecular flexibility index (Phi) is 12.4. The lowest BCUT2D eigenvalue weighted by molar-refractivity contribution is -0.137. The molecule has 0 aliphatic carbocycles. The number of ether oxygens (including phenoxy) is 3. The number of anilines is 2. The summed E-state index contributed by atoms with van der Waals surface area (Å²) in [6, 6.07) is 22.1. The molecule has 1 saturated heterocycles. The smallest absolute Gasteiger partial charge is 0.418 e. The number of rotatable bonds is 11. The molecule has 1 atom stereocenters. The number of carbonyl (C=O) groups is 1. The summed E-state index contributed by atoms with van der Waals surface area (Å²) in [5.74, 6) is 0.897. The van der Waals surface area contributed by atoms with Gasteiger partial charge in [0.1, 0.15) is 34.4 Å². The zero-order valence-electron chi connectivity index (χ0n) is 35.8. The highest BCUT2D eigenvalue weighted by molar-refractivity contribution is 6.34. The molecule has 0 saturated carbocycles. The number of hydrogen-bond donors (Lipinski definition) is 1. The second-order valence-corrected chi connectivity index (χ2v) is 16.5. The Balaban J connectivity index is 1.31. The SMILES string of the molecule is COc1ccc(CN(Cc2ccc(OC)cc2)c2cc(C)c(C(F)(F)F)c(-c3c(Cl)cc4c(N5CCN(C(=O)O)CC5C)nc(Oc5cccc6c5CCN(C)C6)nc4c3F)n2)cc1. The normalized spacial score (nSPS) is 15.6. The van der Waals surface area contributed by atoms with Gasteiger partial charge in [0.15, 0.2) is 5.82 Å². The highest BCUT2D eigenvalue weighted by atomic mass is 35.5. The summed E-state index contributed by atoms with van der Waals surface area (Å²) < 4.78 is 80.7. The number of aryl methyl sites for hydroxylation is 1. The summed E-state index contributed by atoms with van der Waals surface area (Å²) in [6.45, 7) is 5.39. The highest BCUT2D eigenvalue weighted by Crippen LogP contribution is 2.46. The summed E-state index contributed by atoms with van der Waals surface area (Å²) in [7, 11) is 5.12. The van der Waals surface area contributed by atoms with Gasteiger partial charge >= 0.3 is 18.3 Å². The molecule has 4 aromatic carbocycles. The van der Waals surface area contributed by atoms with Crippen LogP contribution in [0.15, 0.2) is 78.9 Å². The van der Waals surface area contributed by atoms with Gasteiger partial charge in [-0.3, -0.25) is 0 Å². The number of nitrogens with zero attached hydrogens (tertiary/aromatic N) is 7. The molecule has 1 fully saturated rings. The van der Waals surface area contributed by atoms with E-state index in [1.165, 1.54) is 24.0 Å². The fourth-order valence-electron chi connectivity index (χ4n) is 8.47. The van der Waals surface area contributed by atoms with Gasteiger partial charge in [-0.25, -0.2) is 14.2 Å². The number of halogens is 5. The van der Waals surface area contributed by atoms with Crippen LogP contribution in [0, 0.1) is 12.7 Å². The third kappa shape index (κ3) is 9.02. The summed E-state index contributed by atoms with van der Waals surface area (Å²) >= 11 is 6.96. The lowest BCUT2D eigenvalue weighted by atomic mass is 9.98. The molecule has 17 heteroatoms. The molecule has 2 aromatic heterocycles. The van der Waals surface area contributed by atoms with E-state index in [0.717, 1.165) is 28.8 Å². The van der Waals surface area contributed by atoms with E-state index in [9.17, 15) is 9.90 Å². The predicted molar refractivity (Wildman–Crippen MR) is 236 cm³/mol. The third-order valence-corrected chi connectivity index (χ3v) is 12.0. The molecule has 8 rings (SSSR count). The van der Waals surface area contributed by atoms with E-state index in [-0.39, 0.29) is 71.9 Å². The monoisotopic (exact) mass is 899 g/mol. The minimum Gasteiger partial charge on any atom is -0.497 e. The van der Waals surface area contributed by atoms with E-state index in [2.05, 4.69) is 14.9 Å². The molecule has 0 spiro atoms. The van der Waals surface area contributed by atoms with Crippen molar-refractivity contribution in [1.29, 1.82) is 0 Å². The van der Waals surface area contributed by atoms with Crippen molar-refractivity contribution in [2.75, 3.05) is 57.2 Å². The van der Waals surface area contributed by atoms with Crippen molar-refractivity contribution in [3.8, 4) is 34.5 Å². The van der Waals surface area contributed by atoms with Crippen molar-refractivity contribution in [2.24, 2.45) is 0 Å². The van der Waals surface area contributed by atoms with Crippen molar-refractivity contribution in [3.05, 3.63) is 123 Å². The van der Waals surface area contributed by atoms with E-state index in [0.29, 0.717) is 30.2 Å². The molecule has 2 aliphatic rings. The topological polar surface area (TPSA) is 117 Å². The van der Waals surface area contributed by atoms with Gasteiger partial charge in [0.05, 0.1) is 36.1 Å². The van der Waals surface area contributed by atoms with E-state index < -0.39 is 40.9 Å². The average Bonchev–Trinajstić information content (AvgIpc) is 3.26. The number of likely N-dealkylation sites (N-methyl/N-ethyl adjacent to an activating group) is 1. The number of pyridine rings is 1. The number of alkyl halides is 3. The van der Waals surface area contributed by atoms with Gasteiger partial charge < -0.3 is 38.9 Å². The lowest BCUT2D eigenvalue weighted by Gasteiger charge is -2.39. The van der Waals surface area contributed by atoms with E-state index >= 15 is 17.6 Å². The molecule has 1 unspecified atom stereocenters. The first-order valence-corrected chi connectivity index (χ1v) is 21.0. The number of fused-ring (bicyclic) bond motifs is 2. The number of hydrogen-bond acceptors (Lipinski definition) is 10. The molecule has 1 N–H and O–H groups in total. The van der Waals surface area contributed by atoms with E-state index in [1.54, 1.807) is 56.4 Å². The van der Waals surface area contributed by atoms with Crippen LogP contribution < -0.4 is 24.0 Å². The minimum atomic E-state index is -4.97. The first-order chi connectivity index (χ1) is 30.6. The third-order valence-electron chi connectivity index (χ3n) is 11.7. The molecule has 64 heavy (non-hydrogen) atoms. The standard InChI is InChI=1S/C47H46ClF4N7O5/c1-27-21-38(58(24-29-9-13-32(62-4)14-10-29)25-30-11-15-33(63-5)16-12-30)53-43(40(27)47(50,51)52)39-36(48)22-35-42(41(39)49)54-45(55-44(35)59-20-19-57(46(60)61)23-28(59)2)64-37-8-6-7-31-26-56(3)18-17-34(31)37/h6-16,21-22,28H,17-20,23-26H2,1-5H3,(H,60,61). The van der Waals surface area contributed by atoms with Crippen LogP contribution in [-0.2, 0) is 32.2 Å². The molecule has 1 amide bonds. The van der Waals surface area contributed by atoms with E-state index in [4.69, 9.17) is 30.8 Å². The Morgan fingerprint density at radius 3 is 2.17 bits per heavy atom. The maximum Gasteiger partial charge on any atom is 0.418 e. The first-order valence-electron chi connectivity index (χ1n) is 20.6. The predicted octanol–water partition coefficient (Wildman–Crippen LogP) is 10.0. The van der Waals surface area contributed by atoms with Gasteiger partial charge in [0, 0.05) is 62.8 Å². The zero-order valence-corrected chi connectivity index (χ0v) is 36.6. The van der Waals surface area contributed by atoms with Crippen molar-refractivity contribution in [2.45, 2.75) is 52.1 Å². The minimum absolute atomic E-state index is 0.105. The number of carboxylic acid groups (broad SMARTS) is 1. The van der Waals surface area contributed by atoms with Crippen molar-refractivity contribution >= 4 is 40.2 Å². The van der Waals surface area contributed by atoms with Crippen molar-refractivity contribution in [3.63, 3.8) is 0 Å². The summed E-state index contributed by atoms with van der Waals surface area (Å²) in [5, 5.41) is 9.50. The van der Waals surface area contributed by atoms with Crippen LogP contribution in [0.2, 0.25) is 5.02 Å². The summed E-state index contributed by atoms with van der Waals surface area (Å²) in [4.78, 5) is 32.9. The molecule has 12 nitrogen and oxygen atoms in total. The quantitative estimate of drug-likeness (QED) is 0.125. The van der Waals surface area contributed by atoms with E-state index in [1.807, 2.05) is 48.3 Å². The molecular formula is C47H46ClF4N7O5. The number of aromatic nitrogens is 3. The molecule has 0 radical (unpaired) electrons. The fourth-order valence-corrected chi connectivity index (χ4v) is 8.76. The van der Waals surface area contributed by atoms with Gasteiger partial charge in [0.25, 0.3) is 0 Å². The second kappa shape index (κ2) is 18.0. The largest absolute Gasteiger partial charge is 0.497 e. The summed E-state index contributed by atoms with van der Waals surface area (Å²) in [6.07, 6.45) is -5.39. The molecular weight excluding hydrogens is 854 g/mol. The van der Waals surface area contributed by atoms with Gasteiger partial charge in [0.2, 0.25) is 0 Å². The van der Waals surface area contributed by atoms with Gasteiger partial charge in [-0.2, -0.15) is 23.1 Å². The van der Waals surface area contributed by atoms with Crippen LogP contribution in [0.1, 0.15) is 40.3 Å². The Morgan fingerprint density at radius 1 is 0.922 bits per heavy atom. The summed E-state index contributed by atoms with van der Waals surface area (Å²) in [5.41, 5.74) is 0.590. The highest BCUT2D eigenvalue weighted by Gasteiger charge is 2.39. The lowest BCUT2D eigenvalue weighted by Crippen LogP contribution is -2.53. The Morgan fingerprint density at radius 2 is 1.58 bits per heavy atom. The maximum atomic E-state index is 17.7. The van der Waals surface area contributed by atoms with Crippen molar-refractivity contribution in [1.82, 2.24) is 24.8 Å². The zero-order chi connectivity index (χ0) is 45.4. The molecule has 2 aliphatic heterocycles. The van der Waals surface area contributed by atoms with Crippen LogP contribution in [0.4, 0.5) is 34.0 Å².